The molecule has 1 atom stereocenters. The second kappa shape index (κ2) is 4.71. The van der Waals surface area contributed by atoms with Gasteiger partial charge in [0, 0.05) is 6.20 Å². The van der Waals surface area contributed by atoms with Gasteiger partial charge >= 0.3 is 0 Å². The summed E-state index contributed by atoms with van der Waals surface area (Å²) in [5.74, 6) is 0.846. The van der Waals surface area contributed by atoms with Crippen LogP contribution in [0, 0.1) is 11.7 Å². The molecule has 1 N–H and O–H groups in total. The first-order chi connectivity index (χ1) is 7.27. The van der Waals surface area contributed by atoms with Crippen molar-refractivity contribution in [2.75, 3.05) is 13.1 Å². The van der Waals surface area contributed by atoms with Crippen LogP contribution in [0.25, 0.3) is 0 Å². The van der Waals surface area contributed by atoms with Crippen LogP contribution in [0.15, 0.2) is 18.5 Å². The lowest BCUT2D eigenvalue weighted by Crippen LogP contribution is -2.30. The zero-order chi connectivity index (χ0) is 10.7. The molecule has 0 aromatic carbocycles. The number of nitrogens with zero attached hydrogens (tertiary/aromatic N) is 1. The second-order valence-corrected chi connectivity index (χ2v) is 4.31. The Balaban J connectivity index is 2.08. The first kappa shape index (κ1) is 10.6. The molecule has 0 spiro atoms. The van der Waals surface area contributed by atoms with Crippen LogP contribution in [0.2, 0.25) is 0 Å². The van der Waals surface area contributed by atoms with Gasteiger partial charge in [0.2, 0.25) is 0 Å². The van der Waals surface area contributed by atoms with Crippen molar-refractivity contribution in [2.45, 2.75) is 25.7 Å². The maximum Gasteiger partial charge on any atom is 0.141 e. The number of aromatic nitrogens is 1. The molecule has 1 fully saturated rings. The number of hydrogen-bond acceptors (Lipinski definition) is 2. The molecule has 1 saturated heterocycles. The highest BCUT2D eigenvalue weighted by atomic mass is 19.1. The predicted molar refractivity (Wildman–Crippen MR) is 58.2 cm³/mol. The molecule has 1 aromatic rings. The van der Waals surface area contributed by atoms with Gasteiger partial charge in [-0.3, -0.25) is 4.98 Å². The van der Waals surface area contributed by atoms with E-state index in [0.29, 0.717) is 11.8 Å². The van der Waals surface area contributed by atoms with E-state index in [1.807, 2.05) is 0 Å². The minimum Gasteiger partial charge on any atom is -0.317 e. The molecule has 3 heteroatoms. The van der Waals surface area contributed by atoms with E-state index in [9.17, 15) is 4.39 Å². The third kappa shape index (κ3) is 2.53. The molecule has 0 saturated carbocycles. The summed E-state index contributed by atoms with van der Waals surface area (Å²) in [6.07, 6.45) is 5.41. The van der Waals surface area contributed by atoms with E-state index in [-0.39, 0.29) is 5.82 Å². The Kier molecular flexibility index (Phi) is 3.31. The van der Waals surface area contributed by atoms with Gasteiger partial charge in [0.1, 0.15) is 5.82 Å². The Morgan fingerprint density at radius 3 is 2.80 bits per heavy atom. The summed E-state index contributed by atoms with van der Waals surface area (Å²) < 4.78 is 13.0. The number of piperidine rings is 1. The van der Waals surface area contributed by atoms with Crippen molar-refractivity contribution in [1.82, 2.24) is 10.3 Å². The molecule has 15 heavy (non-hydrogen) atoms. The van der Waals surface area contributed by atoms with Crippen LogP contribution in [-0.4, -0.2) is 18.1 Å². The van der Waals surface area contributed by atoms with Crippen LogP contribution >= 0.6 is 0 Å². The van der Waals surface area contributed by atoms with Crippen LogP contribution in [0.4, 0.5) is 4.39 Å². The highest BCUT2D eigenvalue weighted by Gasteiger charge is 2.21. The van der Waals surface area contributed by atoms with E-state index in [4.69, 9.17) is 0 Å². The van der Waals surface area contributed by atoms with Crippen LogP contribution in [0.3, 0.4) is 0 Å². The third-order valence-electron chi connectivity index (χ3n) is 3.34. The highest BCUT2D eigenvalue weighted by Crippen LogP contribution is 2.30. The molecule has 1 aliphatic heterocycles. The Labute approximate surface area is 89.9 Å². The highest BCUT2D eigenvalue weighted by molar-refractivity contribution is 5.16. The van der Waals surface area contributed by atoms with Crippen molar-refractivity contribution in [1.29, 1.82) is 0 Å². The van der Waals surface area contributed by atoms with Crippen molar-refractivity contribution in [3.63, 3.8) is 0 Å². The Hall–Kier alpha value is -0.960. The van der Waals surface area contributed by atoms with Gasteiger partial charge in [0.15, 0.2) is 0 Å². The van der Waals surface area contributed by atoms with Crippen LogP contribution in [0.1, 0.15) is 31.2 Å². The van der Waals surface area contributed by atoms with Gasteiger partial charge < -0.3 is 5.32 Å². The van der Waals surface area contributed by atoms with Crippen molar-refractivity contribution in [3.8, 4) is 0 Å². The third-order valence-corrected chi connectivity index (χ3v) is 3.34. The van der Waals surface area contributed by atoms with Crippen LogP contribution in [-0.2, 0) is 0 Å². The average Bonchev–Trinajstić information content (AvgIpc) is 2.29. The number of nitrogens with one attached hydrogen (secondary N) is 1. The molecule has 1 aliphatic rings. The molecule has 0 radical (unpaired) electrons. The van der Waals surface area contributed by atoms with Crippen molar-refractivity contribution >= 4 is 0 Å². The van der Waals surface area contributed by atoms with E-state index in [1.165, 1.54) is 19.0 Å². The van der Waals surface area contributed by atoms with E-state index in [0.717, 1.165) is 18.7 Å². The largest absolute Gasteiger partial charge is 0.317 e. The maximum absolute atomic E-state index is 13.0. The van der Waals surface area contributed by atoms with Crippen LogP contribution < -0.4 is 5.32 Å². The van der Waals surface area contributed by atoms with Gasteiger partial charge in [0.05, 0.1) is 6.20 Å². The Bertz CT molecular complexity index is 321. The molecule has 2 heterocycles. The number of rotatable bonds is 2. The fraction of sp³-hybridized carbons (Fsp3) is 0.583. The van der Waals surface area contributed by atoms with Crippen molar-refractivity contribution < 1.29 is 4.39 Å². The van der Waals surface area contributed by atoms with Gasteiger partial charge in [-0.2, -0.15) is 0 Å². The summed E-state index contributed by atoms with van der Waals surface area (Å²) in [7, 11) is 0. The van der Waals surface area contributed by atoms with Crippen molar-refractivity contribution in [2.24, 2.45) is 5.92 Å². The lowest BCUT2D eigenvalue weighted by molar-refractivity contribution is 0.329. The summed E-state index contributed by atoms with van der Waals surface area (Å²) in [4.78, 5) is 3.91. The fourth-order valence-electron chi connectivity index (χ4n) is 2.29. The summed E-state index contributed by atoms with van der Waals surface area (Å²) in [6, 6.07) is 1.61. The van der Waals surface area contributed by atoms with Crippen LogP contribution in [0.5, 0.6) is 0 Å². The number of halogens is 1. The molecule has 1 unspecified atom stereocenters. The molecule has 2 rings (SSSR count). The first-order valence-corrected chi connectivity index (χ1v) is 5.58. The molecule has 2 nitrogen and oxygen atoms in total. The van der Waals surface area contributed by atoms with Gasteiger partial charge in [-0.25, -0.2) is 4.39 Å². The minimum absolute atomic E-state index is 0.228. The molecular formula is C12H17FN2. The average molecular weight is 208 g/mol. The smallest absolute Gasteiger partial charge is 0.141 e. The predicted octanol–water partition coefficient (Wildman–Crippen LogP) is 2.32. The maximum atomic E-state index is 13.0. The lowest BCUT2D eigenvalue weighted by Gasteiger charge is -2.28. The molecule has 0 amide bonds. The SMILES string of the molecule is CC(c1cncc(F)c1)C1CCNCC1. The second-order valence-electron chi connectivity index (χ2n) is 4.31. The molecular weight excluding hydrogens is 191 g/mol. The first-order valence-electron chi connectivity index (χ1n) is 5.58. The summed E-state index contributed by atoms with van der Waals surface area (Å²) >= 11 is 0. The summed E-state index contributed by atoms with van der Waals surface area (Å²) in [5.41, 5.74) is 1.03. The zero-order valence-corrected chi connectivity index (χ0v) is 9.04. The quantitative estimate of drug-likeness (QED) is 0.806. The summed E-state index contributed by atoms with van der Waals surface area (Å²) in [6.45, 7) is 4.34. The van der Waals surface area contributed by atoms with Crippen molar-refractivity contribution in [3.05, 3.63) is 29.8 Å². The normalized spacial score (nSPS) is 20.1. The molecule has 82 valence electrons. The summed E-state index contributed by atoms with van der Waals surface area (Å²) in [5, 5.41) is 3.34. The molecule has 0 aliphatic carbocycles. The van der Waals surface area contributed by atoms with Gasteiger partial charge in [0.25, 0.3) is 0 Å². The van der Waals surface area contributed by atoms with E-state index < -0.39 is 0 Å². The van der Waals surface area contributed by atoms with E-state index in [2.05, 4.69) is 17.2 Å². The Morgan fingerprint density at radius 2 is 2.13 bits per heavy atom. The topological polar surface area (TPSA) is 24.9 Å². The lowest BCUT2D eigenvalue weighted by atomic mass is 9.82. The molecule has 1 aromatic heterocycles. The van der Waals surface area contributed by atoms with E-state index in [1.54, 1.807) is 12.3 Å². The number of hydrogen-bond donors (Lipinski definition) is 1. The molecule has 0 bridgehead atoms. The zero-order valence-electron chi connectivity index (χ0n) is 9.04. The van der Waals surface area contributed by atoms with E-state index >= 15 is 0 Å². The fourth-order valence-corrected chi connectivity index (χ4v) is 2.29. The van der Waals surface area contributed by atoms with Gasteiger partial charge in [-0.1, -0.05) is 6.92 Å². The standard InChI is InChI=1S/C12H17FN2/c1-9(10-2-4-14-5-3-10)11-6-12(13)8-15-7-11/h6-10,14H,2-5H2,1H3. The number of pyridine rings is 1. The van der Waals surface area contributed by atoms with Gasteiger partial charge in [-0.05, 0) is 49.4 Å². The Morgan fingerprint density at radius 1 is 1.40 bits per heavy atom. The van der Waals surface area contributed by atoms with Gasteiger partial charge in [-0.15, -0.1) is 0 Å². The monoisotopic (exact) mass is 208 g/mol. The minimum atomic E-state index is -0.228.